The lowest BCUT2D eigenvalue weighted by Crippen LogP contribution is -2.54. The maximum atomic E-state index is 12.9. The van der Waals surface area contributed by atoms with Crippen LogP contribution < -0.4 is 16.0 Å². The smallest absolute Gasteiger partial charge is 0.325 e. The summed E-state index contributed by atoms with van der Waals surface area (Å²) in [6.45, 7) is 3.36. The Bertz CT molecular complexity index is 1080. The lowest BCUT2D eigenvalue weighted by molar-refractivity contribution is -0.384. The van der Waals surface area contributed by atoms with Crippen molar-refractivity contribution >= 4 is 29.0 Å². The fourth-order valence-electron chi connectivity index (χ4n) is 4.11. The zero-order valence-electron chi connectivity index (χ0n) is 18.0. The molecule has 2 heterocycles. The molecule has 0 spiro atoms. The van der Waals surface area contributed by atoms with Crippen molar-refractivity contribution in [2.75, 3.05) is 49.3 Å². The molecule has 1 aromatic carbocycles. The molecule has 0 radical (unpaired) electrons. The average molecular weight is 459 g/mol. The minimum atomic E-state index is -0.504. The van der Waals surface area contributed by atoms with Crippen molar-refractivity contribution in [3.8, 4) is 0 Å². The standard InChI is InChI=1S/C21H26N6O4S/c1-24-9-11-25(12-10-24)26-18-8-3-2-7-17(18)20(23-21(26)29)32-14-19(28)22-15-5-4-6-16(13-15)27(30)31/h4-6,13H,2-3,7-12,14H2,1H3,(H,22,28). The fourth-order valence-corrected chi connectivity index (χ4v) is 4.98. The second-order valence-electron chi connectivity index (χ2n) is 8.04. The minimum absolute atomic E-state index is 0.0695. The number of likely N-dealkylation sites (N-methyl/N-ethyl adjacent to an activating group) is 1. The van der Waals surface area contributed by atoms with Gasteiger partial charge >= 0.3 is 5.69 Å². The van der Waals surface area contributed by atoms with Crippen molar-refractivity contribution in [2.45, 2.75) is 30.7 Å². The Labute approximate surface area is 189 Å². The Morgan fingerprint density at radius 2 is 1.97 bits per heavy atom. The van der Waals surface area contributed by atoms with Gasteiger partial charge in [0.25, 0.3) is 5.69 Å². The molecule has 4 rings (SSSR count). The summed E-state index contributed by atoms with van der Waals surface area (Å²) in [6, 6.07) is 5.82. The van der Waals surface area contributed by atoms with Crippen LogP contribution in [-0.4, -0.2) is 64.4 Å². The summed E-state index contributed by atoms with van der Waals surface area (Å²) in [6.07, 6.45) is 3.72. The number of nitrogens with one attached hydrogen (secondary N) is 1. The van der Waals surface area contributed by atoms with Crippen LogP contribution in [0, 0.1) is 10.1 Å². The van der Waals surface area contributed by atoms with E-state index in [1.54, 1.807) is 10.7 Å². The van der Waals surface area contributed by atoms with E-state index >= 15 is 0 Å². The number of rotatable bonds is 6. The zero-order valence-corrected chi connectivity index (χ0v) is 18.8. The number of nitrogens with zero attached hydrogens (tertiary/aromatic N) is 5. The zero-order chi connectivity index (χ0) is 22.7. The quantitative estimate of drug-likeness (QED) is 0.301. The number of hydrogen-bond donors (Lipinski definition) is 1. The van der Waals surface area contributed by atoms with Gasteiger partial charge in [0.2, 0.25) is 5.91 Å². The van der Waals surface area contributed by atoms with Gasteiger partial charge in [-0.15, -0.1) is 0 Å². The normalized spacial score (nSPS) is 16.5. The van der Waals surface area contributed by atoms with Gasteiger partial charge in [-0.05, 0) is 38.8 Å². The highest BCUT2D eigenvalue weighted by molar-refractivity contribution is 8.00. The van der Waals surface area contributed by atoms with Crippen LogP contribution in [0.15, 0.2) is 34.1 Å². The van der Waals surface area contributed by atoms with Crippen LogP contribution in [0.2, 0.25) is 0 Å². The van der Waals surface area contributed by atoms with Gasteiger partial charge in [-0.2, -0.15) is 4.98 Å². The number of anilines is 1. The van der Waals surface area contributed by atoms with Gasteiger partial charge in [0.1, 0.15) is 5.03 Å². The summed E-state index contributed by atoms with van der Waals surface area (Å²) in [5, 5.41) is 16.3. The molecule has 32 heavy (non-hydrogen) atoms. The number of nitro groups is 1. The van der Waals surface area contributed by atoms with E-state index in [0.29, 0.717) is 10.7 Å². The summed E-state index contributed by atoms with van der Waals surface area (Å²) in [5.41, 5.74) is 2.06. The number of nitro benzene ring substituents is 1. The maximum absolute atomic E-state index is 12.9. The van der Waals surface area contributed by atoms with Gasteiger partial charge in [-0.25, -0.2) is 9.47 Å². The van der Waals surface area contributed by atoms with E-state index in [0.717, 1.165) is 63.1 Å². The molecule has 0 unspecified atom stereocenters. The SMILES string of the molecule is CN1CCN(n2c3c(c(SCC(=O)Nc4cccc([N+](=O)[O-])c4)nc2=O)CCCC3)CC1. The number of amides is 1. The molecule has 1 aromatic heterocycles. The number of hydrogen-bond acceptors (Lipinski definition) is 8. The van der Waals surface area contributed by atoms with E-state index < -0.39 is 4.92 Å². The first-order valence-electron chi connectivity index (χ1n) is 10.7. The third kappa shape index (κ3) is 4.94. The number of carbonyl (C=O) groups is 1. The van der Waals surface area contributed by atoms with Crippen molar-refractivity contribution in [1.29, 1.82) is 0 Å². The Morgan fingerprint density at radius 1 is 1.22 bits per heavy atom. The lowest BCUT2D eigenvalue weighted by atomic mass is 9.97. The number of non-ortho nitro benzene ring substituents is 1. The molecule has 1 saturated heterocycles. The second-order valence-corrected chi connectivity index (χ2v) is 9.01. The Morgan fingerprint density at radius 3 is 2.72 bits per heavy atom. The van der Waals surface area contributed by atoms with Gasteiger partial charge in [0.05, 0.1) is 16.4 Å². The molecular weight excluding hydrogens is 432 g/mol. The van der Waals surface area contributed by atoms with Crippen LogP contribution in [0.3, 0.4) is 0 Å². The molecule has 170 valence electrons. The number of carbonyl (C=O) groups excluding carboxylic acids is 1. The molecule has 2 aromatic rings. The van der Waals surface area contributed by atoms with E-state index in [1.165, 1.54) is 30.0 Å². The summed E-state index contributed by atoms with van der Waals surface area (Å²) in [4.78, 5) is 42.4. The monoisotopic (exact) mass is 458 g/mol. The average Bonchev–Trinajstić information content (AvgIpc) is 2.78. The third-order valence-electron chi connectivity index (χ3n) is 5.77. The predicted molar refractivity (Wildman–Crippen MR) is 123 cm³/mol. The van der Waals surface area contributed by atoms with Gasteiger partial charge in [0.15, 0.2) is 0 Å². The maximum Gasteiger partial charge on any atom is 0.367 e. The van der Waals surface area contributed by atoms with Crippen LogP contribution in [0.5, 0.6) is 0 Å². The molecule has 2 aliphatic rings. The van der Waals surface area contributed by atoms with Crippen LogP contribution in [0.1, 0.15) is 24.1 Å². The molecule has 1 N–H and O–H groups in total. The van der Waals surface area contributed by atoms with Gasteiger partial charge in [-0.3, -0.25) is 14.9 Å². The molecule has 0 atom stereocenters. The summed E-state index contributed by atoms with van der Waals surface area (Å²) >= 11 is 1.25. The van der Waals surface area contributed by atoms with E-state index in [9.17, 15) is 19.7 Å². The molecule has 10 nitrogen and oxygen atoms in total. The van der Waals surface area contributed by atoms with Crippen molar-refractivity contribution in [3.05, 3.63) is 56.1 Å². The summed E-state index contributed by atoms with van der Waals surface area (Å²) in [7, 11) is 2.08. The van der Waals surface area contributed by atoms with Crippen molar-refractivity contribution in [2.24, 2.45) is 0 Å². The summed E-state index contributed by atoms with van der Waals surface area (Å²) < 4.78 is 1.76. The van der Waals surface area contributed by atoms with E-state index in [1.807, 2.05) is 0 Å². The Balaban J connectivity index is 1.50. The fraction of sp³-hybridized carbons (Fsp3) is 0.476. The number of piperazine rings is 1. The highest BCUT2D eigenvalue weighted by Gasteiger charge is 2.25. The van der Waals surface area contributed by atoms with Crippen molar-refractivity contribution < 1.29 is 9.72 Å². The molecule has 11 heteroatoms. The Kier molecular flexibility index (Phi) is 6.75. The first kappa shape index (κ1) is 22.3. The number of aromatic nitrogens is 2. The van der Waals surface area contributed by atoms with Crippen molar-refractivity contribution in [3.63, 3.8) is 0 Å². The Hall–Kier alpha value is -2.92. The van der Waals surface area contributed by atoms with E-state index in [4.69, 9.17) is 0 Å². The van der Waals surface area contributed by atoms with Crippen LogP contribution in [0.4, 0.5) is 11.4 Å². The minimum Gasteiger partial charge on any atom is -0.325 e. The number of fused-ring (bicyclic) bond motifs is 1. The number of benzene rings is 1. The van der Waals surface area contributed by atoms with Crippen LogP contribution >= 0.6 is 11.8 Å². The van der Waals surface area contributed by atoms with Crippen LogP contribution in [0.25, 0.3) is 0 Å². The van der Waals surface area contributed by atoms with E-state index in [2.05, 4.69) is 27.3 Å². The molecular formula is C21H26N6O4S. The topological polar surface area (TPSA) is 114 Å². The molecule has 1 aliphatic carbocycles. The lowest BCUT2D eigenvalue weighted by Gasteiger charge is -2.37. The van der Waals surface area contributed by atoms with Gasteiger partial charge in [-0.1, -0.05) is 17.8 Å². The molecule has 1 aliphatic heterocycles. The first-order valence-corrected chi connectivity index (χ1v) is 11.7. The van der Waals surface area contributed by atoms with Gasteiger partial charge < -0.3 is 15.2 Å². The van der Waals surface area contributed by atoms with E-state index in [-0.39, 0.29) is 23.0 Å². The first-order chi connectivity index (χ1) is 15.4. The largest absolute Gasteiger partial charge is 0.367 e. The summed E-state index contributed by atoms with van der Waals surface area (Å²) in [5.74, 6) is -0.231. The molecule has 0 saturated carbocycles. The highest BCUT2D eigenvalue weighted by Crippen LogP contribution is 2.29. The molecule has 0 bridgehead atoms. The highest BCUT2D eigenvalue weighted by atomic mass is 32.2. The third-order valence-corrected chi connectivity index (χ3v) is 6.79. The predicted octanol–water partition coefficient (Wildman–Crippen LogP) is 1.64. The number of thioether (sulfide) groups is 1. The van der Waals surface area contributed by atoms with Crippen molar-refractivity contribution in [1.82, 2.24) is 14.6 Å². The molecule has 1 fully saturated rings. The molecule has 1 amide bonds. The van der Waals surface area contributed by atoms with Gasteiger partial charge in [0, 0.05) is 49.6 Å². The second kappa shape index (κ2) is 9.70. The van der Waals surface area contributed by atoms with Crippen LogP contribution in [-0.2, 0) is 17.6 Å².